The number of fused-ring (bicyclic) bond motifs is 4. The van der Waals surface area contributed by atoms with Crippen LogP contribution in [0, 0.1) is 0 Å². The van der Waals surface area contributed by atoms with Crippen LogP contribution < -0.4 is 0 Å². The molecule has 0 radical (unpaired) electrons. The molecule has 11 rings (SSSR count). The lowest BCUT2D eigenvalue weighted by atomic mass is 9.94. The van der Waals surface area contributed by atoms with Gasteiger partial charge in [0.1, 0.15) is 11.2 Å². The molecule has 0 aliphatic rings. The second-order valence-electron chi connectivity index (χ2n) is 14.7. The number of aromatic nitrogens is 3. The van der Waals surface area contributed by atoms with E-state index in [1.54, 1.807) is 0 Å². The first kappa shape index (κ1) is 34.3. The third kappa shape index (κ3) is 6.24. The smallest absolute Gasteiger partial charge is 0.164 e. The molecule has 0 amide bonds. The van der Waals surface area contributed by atoms with Crippen LogP contribution >= 0.6 is 0 Å². The summed E-state index contributed by atoms with van der Waals surface area (Å²) in [6.45, 7) is 0. The first-order valence-corrected chi connectivity index (χ1v) is 19.9. The van der Waals surface area contributed by atoms with E-state index < -0.39 is 0 Å². The van der Waals surface area contributed by atoms with E-state index in [9.17, 15) is 0 Å². The van der Waals surface area contributed by atoms with Crippen molar-refractivity contribution in [2.75, 3.05) is 0 Å². The monoisotopic (exact) mass is 753 g/mol. The van der Waals surface area contributed by atoms with Gasteiger partial charge in [-0.05, 0) is 67.9 Å². The molecule has 0 fully saturated rings. The minimum Gasteiger partial charge on any atom is -0.455 e. The van der Waals surface area contributed by atoms with Gasteiger partial charge in [0.05, 0.1) is 0 Å². The molecule has 4 nitrogen and oxygen atoms in total. The minimum absolute atomic E-state index is 0.582. The number of hydrogen-bond donors (Lipinski definition) is 0. The summed E-state index contributed by atoms with van der Waals surface area (Å²) in [6, 6.07) is 73.9. The SMILES string of the molecule is c1ccc(-c2ccc(-c3nc(-c4ccc(-c5ccccc5)c5ccccc45)nc(-c4cccc5oc6c(-c7cccc(-c8ccccc8)c7)cccc6c45)n3)cc2)cc1. The fourth-order valence-corrected chi connectivity index (χ4v) is 8.31. The second kappa shape index (κ2) is 14.5. The largest absolute Gasteiger partial charge is 0.455 e. The van der Waals surface area contributed by atoms with Crippen LogP contribution in [-0.4, -0.2) is 15.0 Å². The van der Waals surface area contributed by atoms with Crippen molar-refractivity contribution in [3.8, 4) is 78.7 Å². The van der Waals surface area contributed by atoms with Crippen molar-refractivity contribution in [1.82, 2.24) is 15.0 Å². The molecule has 0 aliphatic carbocycles. The summed E-state index contributed by atoms with van der Waals surface area (Å²) in [5.74, 6) is 1.79. The number of benzene rings is 9. The molecule has 11 aromatic rings. The van der Waals surface area contributed by atoms with Crippen LogP contribution in [0.25, 0.3) is 111 Å². The molecule has 0 saturated heterocycles. The van der Waals surface area contributed by atoms with Gasteiger partial charge in [-0.15, -0.1) is 0 Å². The molecular weight excluding hydrogens is 719 g/mol. The number of para-hydroxylation sites is 1. The lowest BCUT2D eigenvalue weighted by Crippen LogP contribution is -2.01. The molecule has 0 saturated carbocycles. The topological polar surface area (TPSA) is 51.8 Å². The Bertz CT molecular complexity index is 3300. The first-order valence-electron chi connectivity index (χ1n) is 19.9. The summed E-state index contributed by atoms with van der Waals surface area (Å²) < 4.78 is 6.77. The van der Waals surface area contributed by atoms with Crippen molar-refractivity contribution in [3.05, 3.63) is 212 Å². The van der Waals surface area contributed by atoms with Crippen molar-refractivity contribution >= 4 is 32.7 Å². The van der Waals surface area contributed by atoms with Crippen molar-refractivity contribution in [2.24, 2.45) is 0 Å². The molecule has 4 heteroatoms. The van der Waals surface area contributed by atoms with Gasteiger partial charge >= 0.3 is 0 Å². The zero-order chi connectivity index (χ0) is 39.1. The fraction of sp³-hybridized carbons (Fsp3) is 0. The highest BCUT2D eigenvalue weighted by atomic mass is 16.3. The minimum atomic E-state index is 0.582. The predicted molar refractivity (Wildman–Crippen MR) is 243 cm³/mol. The first-order chi connectivity index (χ1) is 29.2. The Labute approximate surface area is 341 Å². The Hall–Kier alpha value is -7.95. The van der Waals surface area contributed by atoms with Gasteiger partial charge in [0.15, 0.2) is 17.5 Å². The normalized spacial score (nSPS) is 11.4. The number of rotatable bonds is 7. The highest BCUT2D eigenvalue weighted by Crippen LogP contribution is 2.42. The van der Waals surface area contributed by atoms with Gasteiger partial charge in [0, 0.05) is 33.0 Å². The molecule has 0 spiro atoms. The molecular formula is C55H35N3O. The lowest BCUT2D eigenvalue weighted by molar-refractivity contribution is 0.670. The van der Waals surface area contributed by atoms with Gasteiger partial charge < -0.3 is 4.42 Å². The summed E-state index contributed by atoms with van der Waals surface area (Å²) in [5.41, 5.74) is 13.4. The van der Waals surface area contributed by atoms with Gasteiger partial charge in [0.25, 0.3) is 0 Å². The van der Waals surface area contributed by atoms with E-state index in [1.807, 2.05) is 30.3 Å². The Balaban J connectivity index is 1.11. The van der Waals surface area contributed by atoms with Crippen LogP contribution in [0.3, 0.4) is 0 Å². The molecule has 2 heterocycles. The van der Waals surface area contributed by atoms with Crippen LogP contribution in [0.1, 0.15) is 0 Å². The van der Waals surface area contributed by atoms with Gasteiger partial charge in [-0.1, -0.05) is 194 Å². The van der Waals surface area contributed by atoms with E-state index in [-0.39, 0.29) is 0 Å². The van der Waals surface area contributed by atoms with Crippen LogP contribution in [0.5, 0.6) is 0 Å². The maximum atomic E-state index is 6.77. The van der Waals surface area contributed by atoms with Gasteiger partial charge in [-0.25, -0.2) is 15.0 Å². The predicted octanol–water partition coefficient (Wildman–Crippen LogP) is 14.6. The van der Waals surface area contributed by atoms with E-state index in [1.165, 1.54) is 5.56 Å². The third-order valence-electron chi connectivity index (χ3n) is 11.2. The van der Waals surface area contributed by atoms with Crippen molar-refractivity contribution in [1.29, 1.82) is 0 Å². The second-order valence-corrected chi connectivity index (χ2v) is 14.7. The zero-order valence-electron chi connectivity index (χ0n) is 32.0. The number of nitrogens with zero attached hydrogens (tertiary/aromatic N) is 3. The van der Waals surface area contributed by atoms with Crippen molar-refractivity contribution in [2.45, 2.75) is 0 Å². The maximum absolute atomic E-state index is 6.77. The van der Waals surface area contributed by atoms with E-state index in [0.717, 1.165) is 88.3 Å². The molecule has 0 atom stereocenters. The lowest BCUT2D eigenvalue weighted by Gasteiger charge is -2.13. The van der Waals surface area contributed by atoms with Crippen molar-refractivity contribution < 1.29 is 4.42 Å². The van der Waals surface area contributed by atoms with Crippen LogP contribution in [0.4, 0.5) is 0 Å². The van der Waals surface area contributed by atoms with Crippen molar-refractivity contribution in [3.63, 3.8) is 0 Å². The standard InChI is InChI=1S/C55H35N3O/c1-4-15-36(16-5-1)38-29-31-40(32-30-38)53-56-54(47-34-33-43(39-19-8-3-9-20-39)45-23-10-11-24-46(45)47)58-55(57-53)49-27-14-28-50-51(49)48-26-13-25-44(52(48)59-50)42-22-12-21-41(35-42)37-17-6-2-7-18-37/h1-35H. The summed E-state index contributed by atoms with van der Waals surface area (Å²) in [7, 11) is 0. The summed E-state index contributed by atoms with van der Waals surface area (Å²) in [5, 5.41) is 4.19. The quantitative estimate of drug-likeness (QED) is 0.163. The highest BCUT2D eigenvalue weighted by molar-refractivity contribution is 6.15. The number of furan rings is 1. The van der Waals surface area contributed by atoms with Gasteiger partial charge in [-0.2, -0.15) is 0 Å². The Morgan fingerprint density at radius 2 is 0.746 bits per heavy atom. The molecule has 9 aromatic carbocycles. The molecule has 0 aliphatic heterocycles. The highest BCUT2D eigenvalue weighted by Gasteiger charge is 2.21. The van der Waals surface area contributed by atoms with Crippen LogP contribution in [0.2, 0.25) is 0 Å². The average Bonchev–Trinajstić information content (AvgIpc) is 3.71. The number of hydrogen-bond acceptors (Lipinski definition) is 4. The molecule has 0 N–H and O–H groups in total. The molecule has 0 unspecified atom stereocenters. The Kier molecular flexibility index (Phi) is 8.45. The van der Waals surface area contributed by atoms with E-state index in [0.29, 0.717) is 17.5 Å². The van der Waals surface area contributed by atoms with E-state index in [4.69, 9.17) is 19.4 Å². The molecule has 59 heavy (non-hydrogen) atoms. The van der Waals surface area contributed by atoms with Crippen LogP contribution in [-0.2, 0) is 0 Å². The molecule has 2 aromatic heterocycles. The fourth-order valence-electron chi connectivity index (χ4n) is 8.31. The Morgan fingerprint density at radius 1 is 0.271 bits per heavy atom. The third-order valence-corrected chi connectivity index (χ3v) is 11.2. The maximum Gasteiger partial charge on any atom is 0.164 e. The zero-order valence-corrected chi connectivity index (χ0v) is 32.0. The van der Waals surface area contributed by atoms with Gasteiger partial charge in [-0.3, -0.25) is 0 Å². The average molecular weight is 754 g/mol. The Morgan fingerprint density at radius 3 is 1.47 bits per heavy atom. The molecule has 276 valence electrons. The van der Waals surface area contributed by atoms with Gasteiger partial charge in [0.2, 0.25) is 0 Å². The summed E-state index contributed by atoms with van der Waals surface area (Å²) >= 11 is 0. The summed E-state index contributed by atoms with van der Waals surface area (Å²) in [6.07, 6.45) is 0. The molecule has 0 bridgehead atoms. The van der Waals surface area contributed by atoms with E-state index in [2.05, 4.69) is 182 Å². The summed E-state index contributed by atoms with van der Waals surface area (Å²) in [4.78, 5) is 15.8. The van der Waals surface area contributed by atoms with Crippen LogP contribution in [0.15, 0.2) is 217 Å². The van der Waals surface area contributed by atoms with E-state index >= 15 is 0 Å².